The minimum atomic E-state index is -0.126. The van der Waals surface area contributed by atoms with Gasteiger partial charge in [-0.1, -0.05) is 55.7 Å². The lowest BCUT2D eigenvalue weighted by Crippen LogP contribution is -2.04. The Balaban J connectivity index is 0.00000122. The molecule has 28 heavy (non-hydrogen) atoms. The Kier molecular flexibility index (Phi) is 9.72. The number of nitrogens with one attached hydrogen (secondary N) is 1. The second kappa shape index (κ2) is 12.0. The molecule has 0 aliphatic rings. The van der Waals surface area contributed by atoms with Crippen molar-refractivity contribution < 1.29 is 14.3 Å². The molecule has 0 heterocycles. The number of nitrogens with two attached hydrogens (primary N) is 1. The molecular formula is C23H26N2O3. The van der Waals surface area contributed by atoms with Gasteiger partial charge in [-0.05, 0) is 34.9 Å². The molecule has 0 amide bonds. The molecule has 0 radical (unpaired) electrons. The van der Waals surface area contributed by atoms with Crippen molar-refractivity contribution in [2.45, 2.75) is 0 Å². The fourth-order valence-corrected chi connectivity index (χ4v) is 2.29. The van der Waals surface area contributed by atoms with Crippen molar-refractivity contribution in [3.63, 3.8) is 0 Å². The lowest BCUT2D eigenvalue weighted by atomic mass is 10.0. The topological polar surface area (TPSA) is 85.4 Å². The summed E-state index contributed by atoms with van der Waals surface area (Å²) in [6.45, 7) is 7.81. The first-order valence-corrected chi connectivity index (χ1v) is 8.51. The standard InChI is InChI=1S/C21H20N2O2.C2H6O/c1-3-5-15(4-2)14-25-18-9-6-16(7-10-18)17-8-11-19(20(22)12-17)21(23)13-24;1-3-2/h3-13,23H,1-2,14,22H2;1-2H3/b15-5+,23-21?;. The first-order chi connectivity index (χ1) is 13.5. The van der Waals surface area contributed by atoms with Gasteiger partial charge in [0, 0.05) is 25.5 Å². The van der Waals surface area contributed by atoms with Crippen LogP contribution in [-0.4, -0.2) is 32.8 Å². The maximum Gasteiger partial charge on any atom is 0.168 e. The number of ether oxygens (including phenoxy) is 2. The van der Waals surface area contributed by atoms with Crippen molar-refractivity contribution in [3.8, 4) is 16.9 Å². The van der Waals surface area contributed by atoms with Gasteiger partial charge in [0.15, 0.2) is 6.29 Å². The Morgan fingerprint density at radius 3 is 2.21 bits per heavy atom. The molecule has 0 saturated carbocycles. The smallest absolute Gasteiger partial charge is 0.168 e. The molecule has 0 aliphatic heterocycles. The van der Waals surface area contributed by atoms with Crippen LogP contribution in [0.5, 0.6) is 5.75 Å². The summed E-state index contributed by atoms with van der Waals surface area (Å²) in [6.07, 6.45) is 5.76. The van der Waals surface area contributed by atoms with Crippen LogP contribution in [0.15, 0.2) is 79.4 Å². The lowest BCUT2D eigenvalue weighted by Gasteiger charge is -2.09. The van der Waals surface area contributed by atoms with Gasteiger partial charge in [-0.2, -0.15) is 0 Å². The SMILES string of the molecule is C=C/C=C(\C=C)COc1ccc(-c2ccc(C(=N)C=O)c(N)c2)cc1.COC. The van der Waals surface area contributed by atoms with Gasteiger partial charge in [-0.3, -0.25) is 10.2 Å². The number of hydrogen-bond donors (Lipinski definition) is 2. The Labute approximate surface area is 166 Å². The number of methoxy groups -OCH3 is 1. The van der Waals surface area contributed by atoms with Crippen LogP contribution < -0.4 is 10.5 Å². The van der Waals surface area contributed by atoms with E-state index in [1.165, 1.54) is 0 Å². The van der Waals surface area contributed by atoms with Gasteiger partial charge in [-0.25, -0.2) is 0 Å². The molecule has 2 rings (SSSR count). The third kappa shape index (κ3) is 6.70. The highest BCUT2D eigenvalue weighted by atomic mass is 16.5. The normalized spacial score (nSPS) is 10.3. The molecule has 0 atom stereocenters. The van der Waals surface area contributed by atoms with Crippen LogP contribution in [-0.2, 0) is 9.53 Å². The summed E-state index contributed by atoms with van der Waals surface area (Å²) < 4.78 is 9.96. The molecule has 5 nitrogen and oxygen atoms in total. The van der Waals surface area contributed by atoms with Crippen LogP contribution in [0.2, 0.25) is 0 Å². The molecule has 2 aromatic carbocycles. The molecule has 0 aromatic heterocycles. The average Bonchev–Trinajstić information content (AvgIpc) is 2.71. The molecule has 2 aromatic rings. The number of nitrogen functional groups attached to an aromatic ring is 1. The highest BCUT2D eigenvalue weighted by molar-refractivity contribution is 6.36. The van der Waals surface area contributed by atoms with Gasteiger partial charge in [0.25, 0.3) is 0 Å². The zero-order valence-corrected chi connectivity index (χ0v) is 16.3. The van der Waals surface area contributed by atoms with E-state index >= 15 is 0 Å². The van der Waals surface area contributed by atoms with Crippen LogP contribution in [0.4, 0.5) is 5.69 Å². The molecule has 0 bridgehead atoms. The van der Waals surface area contributed by atoms with Gasteiger partial charge >= 0.3 is 0 Å². The highest BCUT2D eigenvalue weighted by Crippen LogP contribution is 2.26. The highest BCUT2D eigenvalue weighted by Gasteiger charge is 2.07. The zero-order valence-electron chi connectivity index (χ0n) is 16.3. The van der Waals surface area contributed by atoms with E-state index in [9.17, 15) is 4.79 Å². The van der Waals surface area contributed by atoms with E-state index in [1.807, 2.05) is 36.4 Å². The minimum absolute atomic E-state index is 0.126. The summed E-state index contributed by atoms with van der Waals surface area (Å²) in [4.78, 5) is 10.7. The van der Waals surface area contributed by atoms with Crippen molar-refractivity contribution in [2.24, 2.45) is 0 Å². The van der Waals surface area contributed by atoms with Crippen LogP contribution in [0.25, 0.3) is 11.1 Å². The number of hydrogen-bond acceptors (Lipinski definition) is 5. The van der Waals surface area contributed by atoms with E-state index in [1.54, 1.807) is 38.5 Å². The molecule has 3 N–H and O–H groups in total. The van der Waals surface area contributed by atoms with E-state index < -0.39 is 0 Å². The van der Waals surface area contributed by atoms with Gasteiger partial charge in [0.1, 0.15) is 18.1 Å². The summed E-state index contributed by atoms with van der Waals surface area (Å²) in [6, 6.07) is 12.9. The summed E-state index contributed by atoms with van der Waals surface area (Å²) in [7, 11) is 3.25. The Hall–Kier alpha value is -3.44. The Morgan fingerprint density at radius 1 is 1.11 bits per heavy atom. The number of allylic oxidation sites excluding steroid dienone is 2. The molecule has 0 aliphatic carbocycles. The van der Waals surface area contributed by atoms with Crippen molar-refractivity contribution >= 4 is 17.7 Å². The van der Waals surface area contributed by atoms with Crippen molar-refractivity contribution in [2.75, 3.05) is 26.6 Å². The second-order valence-electron chi connectivity index (χ2n) is 5.74. The van der Waals surface area contributed by atoms with E-state index in [4.69, 9.17) is 15.9 Å². The molecule has 0 saturated heterocycles. The summed E-state index contributed by atoms with van der Waals surface area (Å²) in [5.41, 5.74) is 9.47. The summed E-state index contributed by atoms with van der Waals surface area (Å²) in [5, 5.41) is 7.57. The second-order valence-corrected chi connectivity index (χ2v) is 5.74. The fourth-order valence-electron chi connectivity index (χ4n) is 2.29. The van der Waals surface area contributed by atoms with Gasteiger partial charge in [0.2, 0.25) is 0 Å². The third-order valence-corrected chi connectivity index (χ3v) is 3.65. The molecule has 0 fully saturated rings. The van der Waals surface area contributed by atoms with Gasteiger partial charge in [0.05, 0.1) is 0 Å². The van der Waals surface area contributed by atoms with Crippen LogP contribution in [0, 0.1) is 5.41 Å². The third-order valence-electron chi connectivity index (χ3n) is 3.65. The van der Waals surface area contributed by atoms with E-state index in [0.29, 0.717) is 24.1 Å². The first kappa shape index (κ1) is 22.6. The number of carbonyl (C=O) groups is 1. The predicted octanol–water partition coefficient (Wildman–Crippen LogP) is 4.44. The number of rotatable bonds is 8. The zero-order chi connectivity index (χ0) is 20.9. The van der Waals surface area contributed by atoms with Crippen molar-refractivity contribution in [1.82, 2.24) is 0 Å². The number of aldehydes is 1. The molecule has 146 valence electrons. The molecule has 0 spiro atoms. The first-order valence-electron chi connectivity index (χ1n) is 8.51. The maximum atomic E-state index is 10.7. The van der Waals surface area contributed by atoms with E-state index in [2.05, 4.69) is 17.9 Å². The van der Waals surface area contributed by atoms with Crippen LogP contribution >= 0.6 is 0 Å². The van der Waals surface area contributed by atoms with E-state index in [-0.39, 0.29) is 5.71 Å². The Morgan fingerprint density at radius 2 is 1.71 bits per heavy atom. The largest absolute Gasteiger partial charge is 0.489 e. The average molecular weight is 378 g/mol. The minimum Gasteiger partial charge on any atom is -0.489 e. The van der Waals surface area contributed by atoms with Crippen molar-refractivity contribution in [1.29, 1.82) is 5.41 Å². The van der Waals surface area contributed by atoms with Crippen LogP contribution in [0.1, 0.15) is 5.56 Å². The summed E-state index contributed by atoms with van der Waals surface area (Å²) in [5.74, 6) is 0.743. The fraction of sp³-hybridized carbons (Fsp3) is 0.130. The quantitative estimate of drug-likeness (QED) is 0.308. The van der Waals surface area contributed by atoms with Gasteiger partial charge in [-0.15, -0.1) is 0 Å². The molecule has 0 unspecified atom stereocenters. The van der Waals surface area contributed by atoms with Gasteiger partial charge < -0.3 is 15.2 Å². The molecule has 5 heteroatoms. The number of carbonyl (C=O) groups excluding carboxylic acids is 1. The summed E-state index contributed by atoms with van der Waals surface area (Å²) >= 11 is 0. The monoisotopic (exact) mass is 378 g/mol. The lowest BCUT2D eigenvalue weighted by molar-refractivity contribution is -0.102. The van der Waals surface area contributed by atoms with Crippen molar-refractivity contribution in [3.05, 3.63) is 85.0 Å². The predicted molar refractivity (Wildman–Crippen MR) is 116 cm³/mol. The van der Waals surface area contributed by atoms with E-state index in [0.717, 1.165) is 22.4 Å². The number of anilines is 1. The Bertz CT molecular complexity index is 853. The van der Waals surface area contributed by atoms with Crippen LogP contribution in [0.3, 0.4) is 0 Å². The molecular weight excluding hydrogens is 352 g/mol. The number of benzene rings is 2. The maximum absolute atomic E-state index is 10.7.